The van der Waals surface area contributed by atoms with Crippen molar-refractivity contribution in [1.29, 1.82) is 5.41 Å². The van der Waals surface area contributed by atoms with Crippen LogP contribution in [-0.4, -0.2) is 271 Å². The molecule has 0 aliphatic carbocycles. The van der Waals surface area contributed by atoms with E-state index in [0.29, 0.717) is 12.1 Å². The first-order valence-corrected chi connectivity index (χ1v) is 34.5. The Morgan fingerprint density at radius 3 is 1.28 bits per heavy atom. The van der Waals surface area contributed by atoms with Gasteiger partial charge in [-0.2, -0.15) is 0 Å². The number of nitrogens with two attached hydrogens (primary N) is 2. The van der Waals surface area contributed by atoms with Gasteiger partial charge in [0.15, 0.2) is 5.96 Å². The molecule has 588 valence electrons. The van der Waals surface area contributed by atoms with Crippen LogP contribution >= 0.6 is 0 Å². The fourth-order valence-electron chi connectivity index (χ4n) is 11.1. The number of rotatable bonds is 45. The molecule has 44 nitrogen and oxygen atoms in total. The maximum Gasteiger partial charge on any atom is 0.326 e. The summed E-state index contributed by atoms with van der Waals surface area (Å²) in [7, 11) is 0. The molecule has 0 radical (unpaired) electrons. The van der Waals surface area contributed by atoms with Crippen molar-refractivity contribution in [1.82, 2.24) is 124 Å². The van der Waals surface area contributed by atoms with Crippen molar-refractivity contribution >= 4 is 88.7 Å². The van der Waals surface area contributed by atoms with Gasteiger partial charge in [0.1, 0.15) is 66.5 Å². The molecule has 1 saturated heterocycles. The lowest BCUT2D eigenvalue weighted by Gasteiger charge is -2.27. The van der Waals surface area contributed by atoms with Gasteiger partial charge in [-0.1, -0.05) is 27.7 Å². The fourth-order valence-corrected chi connectivity index (χ4v) is 11.1. The topological polar surface area (TPSA) is 679 Å². The van der Waals surface area contributed by atoms with Crippen LogP contribution in [0.5, 0.6) is 0 Å². The lowest BCUT2D eigenvalue weighted by molar-refractivity contribution is -0.142. The second-order valence-corrected chi connectivity index (χ2v) is 26.0. The highest BCUT2D eigenvalue weighted by atomic mass is 16.4. The molecule has 6 rings (SSSR count). The molecule has 5 aromatic rings. The number of guanidine groups is 1. The molecule has 1 aliphatic rings. The van der Waals surface area contributed by atoms with E-state index in [0.717, 1.165) is 0 Å². The Kier molecular flexibility index (Phi) is 33.5. The summed E-state index contributed by atoms with van der Waals surface area (Å²) in [5, 5.41) is 69.7. The molecule has 0 unspecified atom stereocenters. The van der Waals surface area contributed by atoms with Crippen molar-refractivity contribution in [2.75, 3.05) is 45.9 Å². The number of nitrogens with zero attached hydrogens (tertiary/aromatic N) is 6. The van der Waals surface area contributed by atoms with Crippen LogP contribution in [0.25, 0.3) is 0 Å². The third kappa shape index (κ3) is 27.7. The number of H-pyrrole nitrogens is 5. The first-order valence-electron chi connectivity index (χ1n) is 34.5. The molecule has 26 N–H and O–H groups in total. The van der Waals surface area contributed by atoms with Gasteiger partial charge in [-0.05, 0) is 43.9 Å². The summed E-state index contributed by atoms with van der Waals surface area (Å²) in [4.78, 5) is 227. The van der Waals surface area contributed by atoms with Crippen molar-refractivity contribution in [3.05, 3.63) is 91.1 Å². The van der Waals surface area contributed by atoms with Crippen LogP contribution in [-0.2, 0) is 99.2 Å². The van der Waals surface area contributed by atoms with E-state index in [1.807, 2.05) is 0 Å². The number of likely N-dealkylation sites (tertiary alicyclic amines) is 1. The number of hydrogen-bond acceptors (Lipinski definition) is 23. The summed E-state index contributed by atoms with van der Waals surface area (Å²) in [6, 6.07) is -15.9. The smallest absolute Gasteiger partial charge is 0.326 e. The van der Waals surface area contributed by atoms with Crippen LogP contribution in [0.15, 0.2) is 62.6 Å². The number of imidazole rings is 5. The van der Waals surface area contributed by atoms with E-state index in [1.54, 1.807) is 27.7 Å². The zero-order valence-electron chi connectivity index (χ0n) is 59.7. The molecule has 6 heterocycles. The molecule has 1 fully saturated rings. The Morgan fingerprint density at radius 1 is 0.491 bits per heavy atom. The van der Waals surface area contributed by atoms with Crippen molar-refractivity contribution in [2.24, 2.45) is 23.3 Å². The number of carboxylic acid groups (broad SMARTS) is 1. The van der Waals surface area contributed by atoms with Crippen LogP contribution in [0.2, 0.25) is 0 Å². The number of nitrogens with one attached hydrogen (secondary N) is 19. The highest BCUT2D eigenvalue weighted by Gasteiger charge is 2.39. The van der Waals surface area contributed by atoms with E-state index in [-0.39, 0.29) is 99.6 Å². The summed E-state index contributed by atoms with van der Waals surface area (Å²) in [5.74, 6) is -14.2. The zero-order valence-corrected chi connectivity index (χ0v) is 59.7. The summed E-state index contributed by atoms with van der Waals surface area (Å²) < 4.78 is 0. The van der Waals surface area contributed by atoms with Crippen LogP contribution in [0.4, 0.5) is 0 Å². The third-order valence-corrected chi connectivity index (χ3v) is 16.7. The molecule has 13 amide bonds. The second kappa shape index (κ2) is 42.7. The largest absolute Gasteiger partial charge is 0.480 e. The minimum absolute atomic E-state index is 0.0405. The molecule has 0 saturated carbocycles. The van der Waals surface area contributed by atoms with Gasteiger partial charge in [-0.15, -0.1) is 0 Å². The minimum atomic E-state index is -1.82. The Morgan fingerprint density at radius 2 is 0.889 bits per heavy atom. The number of aromatic amines is 5. The first-order chi connectivity index (χ1) is 51.5. The van der Waals surface area contributed by atoms with Crippen molar-refractivity contribution in [3.63, 3.8) is 0 Å². The normalized spacial score (nSPS) is 15.3. The number of aliphatic hydroxyl groups excluding tert-OH is 2. The number of amides is 13. The number of carboxylic acids is 1. The molecule has 108 heavy (non-hydrogen) atoms. The Hall–Kier alpha value is -12.2. The van der Waals surface area contributed by atoms with Crippen molar-refractivity contribution < 1.29 is 82.4 Å². The molecule has 1 aliphatic heterocycles. The number of carbonyl (C=O) groups is 14. The predicted octanol–water partition coefficient (Wildman–Crippen LogP) is -9.12. The summed E-state index contributed by atoms with van der Waals surface area (Å²) in [6.45, 7) is 3.15. The highest BCUT2D eigenvalue weighted by molar-refractivity contribution is 5.99. The van der Waals surface area contributed by atoms with Gasteiger partial charge < -0.3 is 126 Å². The van der Waals surface area contributed by atoms with E-state index < -0.39 is 194 Å². The first kappa shape index (κ1) is 84.7. The van der Waals surface area contributed by atoms with Crippen molar-refractivity contribution in [2.45, 2.75) is 158 Å². The minimum Gasteiger partial charge on any atom is -0.480 e. The van der Waals surface area contributed by atoms with Gasteiger partial charge >= 0.3 is 5.97 Å². The molecule has 11 atom stereocenters. The molecule has 0 spiro atoms. The van der Waals surface area contributed by atoms with Gasteiger partial charge in [-0.3, -0.25) is 67.7 Å². The molecular weight excluding hydrogens is 1420 g/mol. The summed E-state index contributed by atoms with van der Waals surface area (Å²) in [5.41, 5.74) is 12.3. The zero-order chi connectivity index (χ0) is 79.0. The fraction of sp³-hybridized carbons (Fsp3) is 0.531. The molecule has 0 bridgehead atoms. The Bertz CT molecular complexity index is 3800. The quantitative estimate of drug-likeness (QED) is 0.00978. The number of carbonyl (C=O) groups excluding carboxylic acids is 13. The van der Waals surface area contributed by atoms with Gasteiger partial charge in [0.25, 0.3) is 0 Å². The van der Waals surface area contributed by atoms with E-state index in [2.05, 4.69) is 119 Å². The maximum atomic E-state index is 14.7. The molecular formula is C64H95N27O17. The van der Waals surface area contributed by atoms with Crippen LogP contribution in [0.1, 0.15) is 88.3 Å². The van der Waals surface area contributed by atoms with E-state index in [4.69, 9.17) is 22.0 Å². The maximum absolute atomic E-state index is 14.7. The Balaban J connectivity index is 1.09. The van der Waals surface area contributed by atoms with Crippen LogP contribution in [0.3, 0.4) is 0 Å². The second-order valence-electron chi connectivity index (χ2n) is 26.0. The van der Waals surface area contributed by atoms with E-state index in [9.17, 15) is 77.3 Å². The van der Waals surface area contributed by atoms with E-state index >= 15 is 0 Å². The van der Waals surface area contributed by atoms with Crippen LogP contribution in [0, 0.1) is 17.2 Å². The van der Waals surface area contributed by atoms with Gasteiger partial charge in [0.2, 0.25) is 76.8 Å². The summed E-state index contributed by atoms with van der Waals surface area (Å²) in [6.07, 6.45) is 12.9. The number of hydrogen-bond donors (Lipinski definition) is 24. The molecule has 5 aromatic heterocycles. The van der Waals surface area contributed by atoms with Crippen LogP contribution < -0.4 is 80.6 Å². The average Bonchev–Trinajstić information content (AvgIpc) is 1.38. The standard InChI is InChI=1S/C64H95N27O17/c1-32(2)11-41(88-61(105)48-8-6-10-91(48)51(96)24-76-53(97)39(65)25-92)55(99)75-23-50(95)90-52(33(3)4)62(106)83-40(7-5-9-73-64(66)67)54(98)74-22-49(94)82-47(26-93)60(104)87-44(14-36-19-70-29-79-36)58(102)85-42(12-34-17-68-27-77-34)56(100)84-43(13-35-18-69-28-78-35)57(101)86-45(15-37-20-71-30-80-37)59(103)89-46(63(107)108)16-38-21-72-31-81-38/h17-21,27-33,39-48,52,92-93H,5-16,22-26,65H2,1-4H3,(H,68,77)(H,69,78)(H,70,79)(H,71,80)(H,72,81)(H,74,98)(H,75,99)(H,76,97)(H,82,94)(H,83,106)(H,84,100)(H,85,102)(H,86,101)(H,87,104)(H,88,105)(H,89,103)(H,90,95)(H,107,108)(H4,66,67,73)/t39-,40-,41-,42-,43-,44-,45-,46-,47-,48-,52-/m0/s1. The molecule has 0 aromatic carbocycles. The number of aromatic nitrogens is 10. The Labute approximate surface area is 617 Å². The molecule has 44 heteroatoms. The lowest BCUT2D eigenvalue weighted by Crippen LogP contribution is -2.61. The van der Waals surface area contributed by atoms with Gasteiger partial charge in [-0.25, -0.2) is 29.7 Å². The number of aliphatic carboxylic acids is 1. The highest BCUT2D eigenvalue weighted by Crippen LogP contribution is 2.19. The monoisotopic (exact) mass is 1510 g/mol. The SMILES string of the molecule is CC(C)C[C@H](NC(=O)[C@@H]1CCCN1C(=O)CNC(=O)[C@@H](N)CO)C(=O)NCC(=O)N[C@H](C(=O)N[C@@H](CCCNC(=N)N)C(=O)NCC(=O)N[C@@H](CO)C(=O)N[C@@H](Cc1c[nH]cn1)C(=O)N[C@@H](Cc1c[nH]cn1)C(=O)N[C@@H](Cc1c[nH]cn1)C(=O)N[C@@H](Cc1c[nH]cn1)C(=O)N[C@@H](Cc1c[nH]cn1)C(=O)O)C(C)C. The number of aliphatic hydroxyl groups is 2. The lowest BCUT2D eigenvalue weighted by atomic mass is 10.0. The van der Waals surface area contributed by atoms with Crippen molar-refractivity contribution in [3.8, 4) is 0 Å². The third-order valence-electron chi connectivity index (χ3n) is 16.7. The van der Waals surface area contributed by atoms with E-state index in [1.165, 1.54) is 67.5 Å². The average molecular weight is 1510 g/mol. The van der Waals surface area contributed by atoms with Gasteiger partial charge in [0, 0.05) is 76.2 Å². The predicted molar refractivity (Wildman–Crippen MR) is 376 cm³/mol. The van der Waals surface area contributed by atoms with Gasteiger partial charge in [0.05, 0.1) is 93.0 Å². The summed E-state index contributed by atoms with van der Waals surface area (Å²) >= 11 is 0.